The van der Waals surface area contributed by atoms with E-state index < -0.39 is 0 Å². The summed E-state index contributed by atoms with van der Waals surface area (Å²) >= 11 is 0. The maximum atomic E-state index is 2.45. The second-order valence-corrected chi connectivity index (χ2v) is 4.17. The highest BCUT2D eigenvalue weighted by Gasteiger charge is 2.52. The highest BCUT2D eigenvalue weighted by atomic mass is 14.6. The van der Waals surface area contributed by atoms with Crippen LogP contribution in [0.1, 0.15) is 39.5 Å². The Labute approximate surface area is 57.6 Å². The van der Waals surface area contributed by atoms with Crippen molar-refractivity contribution >= 4 is 0 Å². The molecule has 0 heterocycles. The van der Waals surface area contributed by atoms with Crippen LogP contribution in [0.15, 0.2) is 0 Å². The van der Waals surface area contributed by atoms with Crippen molar-refractivity contribution in [3.63, 3.8) is 0 Å². The molecule has 2 fully saturated rings. The van der Waals surface area contributed by atoms with E-state index in [0.717, 1.165) is 17.3 Å². The molecule has 0 aromatic heterocycles. The summed E-state index contributed by atoms with van der Waals surface area (Å²) < 4.78 is 0. The first kappa shape index (κ1) is 5.76. The maximum Gasteiger partial charge on any atom is -0.0269 e. The van der Waals surface area contributed by atoms with E-state index in [1.165, 1.54) is 12.8 Å². The zero-order valence-electron chi connectivity index (χ0n) is 6.48. The third kappa shape index (κ3) is 0.653. The van der Waals surface area contributed by atoms with Crippen molar-refractivity contribution in [3.05, 3.63) is 0 Å². The molecule has 0 bridgehead atoms. The standard InChI is InChI=1S/C9H16/c1-7-3-4-9(5-6-9)8(7)2/h7-8H,3-6H2,1-2H3. The van der Waals surface area contributed by atoms with E-state index >= 15 is 0 Å². The predicted octanol–water partition coefficient (Wildman–Crippen LogP) is 2.83. The van der Waals surface area contributed by atoms with Gasteiger partial charge in [0, 0.05) is 0 Å². The molecular formula is C9H16. The van der Waals surface area contributed by atoms with Gasteiger partial charge in [-0.2, -0.15) is 0 Å². The van der Waals surface area contributed by atoms with E-state index in [1.54, 1.807) is 12.8 Å². The van der Waals surface area contributed by atoms with Gasteiger partial charge in [-0.1, -0.05) is 13.8 Å². The van der Waals surface area contributed by atoms with Crippen LogP contribution in [0.25, 0.3) is 0 Å². The number of rotatable bonds is 0. The van der Waals surface area contributed by atoms with Gasteiger partial charge in [0.25, 0.3) is 0 Å². The summed E-state index contributed by atoms with van der Waals surface area (Å²) in [6, 6.07) is 0. The average Bonchev–Trinajstić information content (AvgIpc) is 2.57. The summed E-state index contributed by atoms with van der Waals surface area (Å²) in [6.45, 7) is 4.86. The van der Waals surface area contributed by atoms with Gasteiger partial charge >= 0.3 is 0 Å². The van der Waals surface area contributed by atoms with E-state index in [0.29, 0.717) is 0 Å². The summed E-state index contributed by atoms with van der Waals surface area (Å²) in [5, 5.41) is 0. The molecule has 0 amide bonds. The lowest BCUT2D eigenvalue weighted by molar-refractivity contribution is 0.338. The Balaban J connectivity index is 2.13. The van der Waals surface area contributed by atoms with Crippen LogP contribution in [-0.2, 0) is 0 Å². The maximum absolute atomic E-state index is 2.45. The van der Waals surface area contributed by atoms with Crippen molar-refractivity contribution in [2.75, 3.05) is 0 Å². The monoisotopic (exact) mass is 124 g/mol. The van der Waals surface area contributed by atoms with Crippen molar-refractivity contribution < 1.29 is 0 Å². The molecular weight excluding hydrogens is 108 g/mol. The van der Waals surface area contributed by atoms with Gasteiger partial charge in [0.15, 0.2) is 0 Å². The molecule has 0 aliphatic heterocycles. The molecule has 0 aromatic rings. The number of hydrogen-bond acceptors (Lipinski definition) is 0. The molecule has 1 spiro atoms. The van der Waals surface area contributed by atoms with Gasteiger partial charge in [0.2, 0.25) is 0 Å². The molecule has 0 saturated heterocycles. The Hall–Kier alpha value is 0. The molecule has 2 saturated carbocycles. The fourth-order valence-electron chi connectivity index (χ4n) is 2.46. The summed E-state index contributed by atoms with van der Waals surface area (Å²) in [5.41, 5.74) is 0.874. The SMILES string of the molecule is CC1CCC2(CC2)C1C. The first-order valence-corrected chi connectivity index (χ1v) is 4.25. The van der Waals surface area contributed by atoms with Crippen LogP contribution < -0.4 is 0 Å². The molecule has 0 aromatic carbocycles. The van der Waals surface area contributed by atoms with Crippen LogP contribution in [0.4, 0.5) is 0 Å². The lowest BCUT2D eigenvalue weighted by Crippen LogP contribution is -2.08. The summed E-state index contributed by atoms with van der Waals surface area (Å²) in [7, 11) is 0. The van der Waals surface area contributed by atoms with E-state index in [9.17, 15) is 0 Å². The third-order valence-electron chi connectivity index (χ3n) is 3.81. The first-order valence-electron chi connectivity index (χ1n) is 4.25. The van der Waals surface area contributed by atoms with E-state index in [2.05, 4.69) is 13.8 Å². The van der Waals surface area contributed by atoms with Crippen LogP contribution in [0.5, 0.6) is 0 Å². The normalized spacial score (nSPS) is 46.0. The van der Waals surface area contributed by atoms with Crippen molar-refractivity contribution in [1.29, 1.82) is 0 Å². The largest absolute Gasteiger partial charge is 0.0622 e. The van der Waals surface area contributed by atoms with Crippen LogP contribution >= 0.6 is 0 Å². The highest BCUT2D eigenvalue weighted by Crippen LogP contribution is 2.62. The average molecular weight is 124 g/mol. The Morgan fingerprint density at radius 2 is 1.78 bits per heavy atom. The Bertz CT molecular complexity index is 122. The Kier molecular flexibility index (Phi) is 0.980. The summed E-state index contributed by atoms with van der Waals surface area (Å²) in [4.78, 5) is 0. The van der Waals surface area contributed by atoms with Gasteiger partial charge in [-0.15, -0.1) is 0 Å². The van der Waals surface area contributed by atoms with E-state index in [1.807, 2.05) is 0 Å². The second-order valence-electron chi connectivity index (χ2n) is 4.17. The molecule has 9 heavy (non-hydrogen) atoms. The fraction of sp³-hybridized carbons (Fsp3) is 1.00. The van der Waals surface area contributed by atoms with Gasteiger partial charge in [-0.25, -0.2) is 0 Å². The summed E-state index contributed by atoms with van der Waals surface area (Å²) in [6.07, 6.45) is 6.12. The molecule has 0 heteroatoms. The fourth-order valence-corrected chi connectivity index (χ4v) is 2.46. The van der Waals surface area contributed by atoms with Crippen molar-refractivity contribution in [3.8, 4) is 0 Å². The van der Waals surface area contributed by atoms with Gasteiger partial charge in [-0.3, -0.25) is 0 Å². The predicted molar refractivity (Wildman–Crippen MR) is 39.2 cm³/mol. The third-order valence-corrected chi connectivity index (χ3v) is 3.81. The minimum Gasteiger partial charge on any atom is -0.0622 e. The molecule has 2 aliphatic rings. The highest BCUT2D eigenvalue weighted by molar-refractivity contribution is 5.02. The molecule has 2 aliphatic carbocycles. The van der Waals surface area contributed by atoms with Crippen LogP contribution in [0.3, 0.4) is 0 Å². The molecule has 0 nitrogen and oxygen atoms in total. The van der Waals surface area contributed by atoms with E-state index in [4.69, 9.17) is 0 Å². The summed E-state index contributed by atoms with van der Waals surface area (Å²) in [5.74, 6) is 2.06. The number of hydrogen-bond donors (Lipinski definition) is 0. The molecule has 2 unspecified atom stereocenters. The molecule has 52 valence electrons. The van der Waals surface area contributed by atoms with Gasteiger partial charge in [0.05, 0.1) is 0 Å². The molecule has 0 N–H and O–H groups in total. The lowest BCUT2D eigenvalue weighted by Gasteiger charge is -2.15. The second kappa shape index (κ2) is 1.53. The van der Waals surface area contributed by atoms with Gasteiger partial charge in [-0.05, 0) is 42.9 Å². The Morgan fingerprint density at radius 3 is 2.00 bits per heavy atom. The molecule has 2 rings (SSSR count). The smallest absolute Gasteiger partial charge is 0.0269 e. The van der Waals surface area contributed by atoms with Crippen LogP contribution in [-0.4, -0.2) is 0 Å². The topological polar surface area (TPSA) is 0 Å². The molecule has 0 radical (unpaired) electrons. The molecule has 2 atom stereocenters. The lowest BCUT2D eigenvalue weighted by atomic mass is 9.90. The minimum atomic E-state index is 0.874. The van der Waals surface area contributed by atoms with Crippen molar-refractivity contribution in [2.24, 2.45) is 17.3 Å². The van der Waals surface area contributed by atoms with Crippen molar-refractivity contribution in [2.45, 2.75) is 39.5 Å². The van der Waals surface area contributed by atoms with Gasteiger partial charge in [0.1, 0.15) is 0 Å². The minimum absolute atomic E-state index is 0.874. The zero-order chi connectivity index (χ0) is 6.48. The Morgan fingerprint density at radius 1 is 1.11 bits per heavy atom. The quantitative estimate of drug-likeness (QED) is 0.466. The first-order chi connectivity index (χ1) is 4.25. The van der Waals surface area contributed by atoms with Crippen LogP contribution in [0.2, 0.25) is 0 Å². The van der Waals surface area contributed by atoms with Crippen molar-refractivity contribution in [1.82, 2.24) is 0 Å². The zero-order valence-corrected chi connectivity index (χ0v) is 6.48. The van der Waals surface area contributed by atoms with Gasteiger partial charge < -0.3 is 0 Å². The van der Waals surface area contributed by atoms with Crippen LogP contribution in [0, 0.1) is 17.3 Å². The van der Waals surface area contributed by atoms with E-state index in [-0.39, 0.29) is 0 Å².